The summed E-state index contributed by atoms with van der Waals surface area (Å²) < 4.78 is 5.52. The summed E-state index contributed by atoms with van der Waals surface area (Å²) >= 11 is 0. The van der Waals surface area contributed by atoms with Crippen molar-refractivity contribution in [2.45, 2.75) is 26.2 Å². The van der Waals surface area contributed by atoms with Gasteiger partial charge >= 0.3 is 5.97 Å². The van der Waals surface area contributed by atoms with E-state index >= 15 is 0 Å². The molecule has 1 amide bonds. The number of rotatable bonds is 3. The van der Waals surface area contributed by atoms with E-state index in [1.165, 1.54) is 0 Å². The Hall–Kier alpha value is -3.40. The molecule has 4 nitrogen and oxygen atoms in total. The summed E-state index contributed by atoms with van der Waals surface area (Å²) in [4.78, 5) is 22.5. The van der Waals surface area contributed by atoms with Gasteiger partial charge in [-0.2, -0.15) is 0 Å². The standard InChI is InChI=1S/C17H18O2.C7H7NO/c1-17(2,3)14-11-7-8-12-15(14)19-16(18)13-9-5-4-6-10-13;8-7(9)6-4-2-1-3-5-6/h4-12H,1-3H3;1-5H,(H2,8,9). The lowest BCUT2D eigenvalue weighted by molar-refractivity contribution is 0.0731. The number of carbonyl (C=O) groups excluding carboxylic acids is 2. The normalized spacial score (nSPS) is 10.4. The molecule has 3 rings (SSSR count). The number of primary amides is 1. The molecule has 4 heteroatoms. The molecule has 0 unspecified atom stereocenters. The third kappa shape index (κ3) is 6.09. The second-order valence-corrected chi connectivity index (χ2v) is 7.23. The summed E-state index contributed by atoms with van der Waals surface area (Å²) in [6.45, 7) is 6.30. The summed E-state index contributed by atoms with van der Waals surface area (Å²) in [7, 11) is 0. The monoisotopic (exact) mass is 375 g/mol. The third-order valence-corrected chi connectivity index (χ3v) is 3.97. The van der Waals surface area contributed by atoms with Crippen molar-refractivity contribution in [2.24, 2.45) is 5.73 Å². The van der Waals surface area contributed by atoms with Gasteiger partial charge in [0.1, 0.15) is 5.75 Å². The molecular weight excluding hydrogens is 350 g/mol. The molecule has 144 valence electrons. The van der Waals surface area contributed by atoms with Crippen LogP contribution in [0.25, 0.3) is 0 Å². The number of amides is 1. The zero-order valence-electron chi connectivity index (χ0n) is 16.4. The van der Waals surface area contributed by atoms with E-state index in [0.29, 0.717) is 16.9 Å². The minimum atomic E-state index is -0.379. The van der Waals surface area contributed by atoms with Gasteiger partial charge in [0.2, 0.25) is 5.91 Å². The van der Waals surface area contributed by atoms with E-state index in [1.54, 1.807) is 36.4 Å². The molecular formula is C24H25NO3. The lowest BCUT2D eigenvalue weighted by Crippen LogP contribution is -2.16. The van der Waals surface area contributed by atoms with Gasteiger partial charge in [0, 0.05) is 11.1 Å². The van der Waals surface area contributed by atoms with Crippen LogP contribution in [0.4, 0.5) is 0 Å². The van der Waals surface area contributed by atoms with Gasteiger partial charge in [0.05, 0.1) is 5.56 Å². The molecule has 3 aromatic rings. The van der Waals surface area contributed by atoms with Crippen molar-refractivity contribution < 1.29 is 14.3 Å². The molecule has 0 saturated heterocycles. The Morgan fingerprint density at radius 1 is 0.714 bits per heavy atom. The van der Waals surface area contributed by atoms with E-state index in [1.807, 2.05) is 48.5 Å². The van der Waals surface area contributed by atoms with E-state index in [2.05, 4.69) is 20.8 Å². The number of benzene rings is 3. The van der Waals surface area contributed by atoms with Crippen LogP contribution in [-0.4, -0.2) is 11.9 Å². The first-order valence-electron chi connectivity index (χ1n) is 9.00. The lowest BCUT2D eigenvalue weighted by atomic mass is 9.86. The molecule has 0 heterocycles. The Morgan fingerprint density at radius 2 is 1.18 bits per heavy atom. The zero-order chi connectivity index (χ0) is 20.6. The Bertz CT molecular complexity index is 913. The number of ether oxygens (including phenoxy) is 1. The van der Waals surface area contributed by atoms with Crippen molar-refractivity contribution in [1.82, 2.24) is 0 Å². The number of nitrogens with two attached hydrogens (primary N) is 1. The first kappa shape index (κ1) is 20.9. The predicted octanol–water partition coefficient (Wildman–Crippen LogP) is 4.99. The lowest BCUT2D eigenvalue weighted by Gasteiger charge is -2.22. The highest BCUT2D eigenvalue weighted by Crippen LogP contribution is 2.31. The summed E-state index contributed by atoms with van der Waals surface area (Å²) in [6, 6.07) is 25.5. The minimum Gasteiger partial charge on any atom is -0.423 e. The maximum Gasteiger partial charge on any atom is 0.343 e. The second kappa shape index (κ2) is 9.51. The average molecular weight is 375 g/mol. The summed E-state index contributed by atoms with van der Waals surface area (Å²) in [5, 5.41) is 0. The van der Waals surface area contributed by atoms with Crippen LogP contribution < -0.4 is 10.5 Å². The Labute approximate surface area is 166 Å². The molecule has 0 radical (unpaired) electrons. The predicted molar refractivity (Wildman–Crippen MR) is 112 cm³/mol. The largest absolute Gasteiger partial charge is 0.423 e. The van der Waals surface area contributed by atoms with Gasteiger partial charge in [-0.3, -0.25) is 4.79 Å². The molecule has 0 aliphatic rings. The third-order valence-electron chi connectivity index (χ3n) is 3.97. The second-order valence-electron chi connectivity index (χ2n) is 7.23. The van der Waals surface area contributed by atoms with Gasteiger partial charge in [-0.1, -0.05) is 75.4 Å². The molecule has 0 fully saturated rings. The highest BCUT2D eigenvalue weighted by molar-refractivity contribution is 5.92. The van der Waals surface area contributed by atoms with E-state index < -0.39 is 0 Å². The van der Waals surface area contributed by atoms with Crippen LogP contribution in [0.5, 0.6) is 5.75 Å². The quantitative estimate of drug-likeness (QED) is 0.518. The fourth-order valence-electron chi connectivity index (χ4n) is 2.51. The maximum atomic E-state index is 12.1. The van der Waals surface area contributed by atoms with Gasteiger partial charge in [-0.05, 0) is 35.7 Å². The summed E-state index contributed by atoms with van der Waals surface area (Å²) in [5.41, 5.74) is 7.05. The van der Waals surface area contributed by atoms with Gasteiger partial charge < -0.3 is 10.5 Å². The molecule has 0 aromatic heterocycles. The van der Waals surface area contributed by atoms with Crippen LogP contribution in [0.1, 0.15) is 47.1 Å². The van der Waals surface area contributed by atoms with E-state index in [9.17, 15) is 9.59 Å². The smallest absolute Gasteiger partial charge is 0.343 e. The van der Waals surface area contributed by atoms with Crippen LogP contribution >= 0.6 is 0 Å². The number of carbonyl (C=O) groups is 2. The van der Waals surface area contributed by atoms with Crippen molar-refractivity contribution in [3.8, 4) is 5.75 Å². The summed E-state index contributed by atoms with van der Waals surface area (Å²) in [5.74, 6) is -0.0725. The number of esters is 1. The average Bonchev–Trinajstić information content (AvgIpc) is 2.69. The highest BCUT2D eigenvalue weighted by Gasteiger charge is 2.20. The van der Waals surface area contributed by atoms with Gasteiger partial charge in [0.25, 0.3) is 0 Å². The van der Waals surface area contributed by atoms with Gasteiger partial charge in [0.15, 0.2) is 0 Å². The summed E-state index contributed by atoms with van der Waals surface area (Å²) in [6.07, 6.45) is 0. The molecule has 0 aliphatic carbocycles. The number of para-hydroxylation sites is 1. The first-order valence-corrected chi connectivity index (χ1v) is 9.00. The molecule has 28 heavy (non-hydrogen) atoms. The van der Waals surface area contributed by atoms with Gasteiger partial charge in [-0.25, -0.2) is 4.79 Å². The molecule has 0 saturated carbocycles. The SMILES string of the molecule is CC(C)(C)c1ccccc1OC(=O)c1ccccc1.NC(=O)c1ccccc1. The molecule has 0 spiro atoms. The van der Waals surface area contributed by atoms with Crippen LogP contribution in [0.15, 0.2) is 84.9 Å². The van der Waals surface area contributed by atoms with Crippen LogP contribution in [0.3, 0.4) is 0 Å². The molecule has 3 aromatic carbocycles. The van der Waals surface area contributed by atoms with Crippen molar-refractivity contribution >= 4 is 11.9 Å². The van der Waals surface area contributed by atoms with Crippen molar-refractivity contribution in [1.29, 1.82) is 0 Å². The Morgan fingerprint density at radius 3 is 1.64 bits per heavy atom. The van der Waals surface area contributed by atoms with Crippen LogP contribution in [-0.2, 0) is 5.41 Å². The Balaban J connectivity index is 0.000000261. The van der Waals surface area contributed by atoms with E-state index in [-0.39, 0.29) is 17.3 Å². The van der Waals surface area contributed by atoms with Crippen molar-refractivity contribution in [3.63, 3.8) is 0 Å². The maximum absolute atomic E-state index is 12.1. The molecule has 0 bridgehead atoms. The highest BCUT2D eigenvalue weighted by atomic mass is 16.5. The number of hydrogen-bond donors (Lipinski definition) is 1. The van der Waals surface area contributed by atoms with Crippen LogP contribution in [0, 0.1) is 0 Å². The van der Waals surface area contributed by atoms with Crippen LogP contribution in [0.2, 0.25) is 0 Å². The first-order chi connectivity index (χ1) is 13.3. The van der Waals surface area contributed by atoms with E-state index in [0.717, 1.165) is 5.56 Å². The zero-order valence-corrected chi connectivity index (χ0v) is 16.4. The molecule has 2 N–H and O–H groups in total. The van der Waals surface area contributed by atoms with Crippen molar-refractivity contribution in [3.05, 3.63) is 102 Å². The van der Waals surface area contributed by atoms with E-state index in [4.69, 9.17) is 10.5 Å². The van der Waals surface area contributed by atoms with Gasteiger partial charge in [-0.15, -0.1) is 0 Å². The fourth-order valence-corrected chi connectivity index (χ4v) is 2.51. The fraction of sp³-hybridized carbons (Fsp3) is 0.167. The topological polar surface area (TPSA) is 69.4 Å². The molecule has 0 aliphatic heterocycles. The minimum absolute atomic E-state index is 0.0619. The Kier molecular flexibility index (Phi) is 7.10. The van der Waals surface area contributed by atoms with Crippen molar-refractivity contribution in [2.75, 3.05) is 0 Å². The number of hydrogen-bond acceptors (Lipinski definition) is 3. The molecule has 0 atom stereocenters.